The summed E-state index contributed by atoms with van der Waals surface area (Å²) < 4.78 is 14.7. The van der Waals surface area contributed by atoms with Crippen LogP contribution >= 0.6 is 0 Å². The van der Waals surface area contributed by atoms with E-state index in [-0.39, 0.29) is 23.0 Å². The molecule has 28 heavy (non-hydrogen) atoms. The Morgan fingerprint density at radius 1 is 1.04 bits per heavy atom. The molecule has 7 heteroatoms. The van der Waals surface area contributed by atoms with E-state index in [4.69, 9.17) is 0 Å². The van der Waals surface area contributed by atoms with Crippen LogP contribution in [0, 0.1) is 5.82 Å². The third-order valence-electron chi connectivity index (χ3n) is 5.13. The average molecular weight is 380 g/mol. The highest BCUT2D eigenvalue weighted by Gasteiger charge is 2.26. The first kappa shape index (κ1) is 18.2. The second kappa shape index (κ2) is 7.42. The highest BCUT2D eigenvalue weighted by molar-refractivity contribution is 5.94. The van der Waals surface area contributed by atoms with Gasteiger partial charge in [0, 0.05) is 38.4 Å². The minimum Gasteiger partial charge on any atom is -0.368 e. The lowest BCUT2D eigenvalue weighted by atomic mass is 10.2. The zero-order chi connectivity index (χ0) is 19.7. The summed E-state index contributed by atoms with van der Waals surface area (Å²) >= 11 is 0. The minimum atomic E-state index is -0.354. The van der Waals surface area contributed by atoms with E-state index in [2.05, 4.69) is 9.88 Å². The summed E-state index contributed by atoms with van der Waals surface area (Å²) in [5.74, 6) is -0.608. The molecule has 0 aliphatic carbocycles. The Hall–Kier alpha value is -3.22. The first-order valence-corrected chi connectivity index (χ1v) is 9.38. The third kappa shape index (κ3) is 3.24. The van der Waals surface area contributed by atoms with Crippen LogP contribution in [0.4, 0.5) is 10.1 Å². The van der Waals surface area contributed by atoms with Gasteiger partial charge in [0.15, 0.2) is 5.69 Å². The number of piperazine rings is 1. The van der Waals surface area contributed by atoms with E-state index in [1.807, 2.05) is 31.2 Å². The molecule has 1 aromatic heterocycles. The number of halogens is 1. The van der Waals surface area contributed by atoms with E-state index in [1.54, 1.807) is 21.6 Å². The Morgan fingerprint density at radius 2 is 1.71 bits per heavy atom. The zero-order valence-electron chi connectivity index (χ0n) is 15.6. The van der Waals surface area contributed by atoms with Crippen LogP contribution < -0.4 is 10.5 Å². The van der Waals surface area contributed by atoms with Crippen LogP contribution in [-0.2, 0) is 6.54 Å². The predicted molar refractivity (Wildman–Crippen MR) is 106 cm³/mol. The van der Waals surface area contributed by atoms with Crippen molar-refractivity contribution in [3.63, 3.8) is 0 Å². The van der Waals surface area contributed by atoms with Crippen LogP contribution in [0.15, 0.2) is 53.3 Å². The summed E-state index contributed by atoms with van der Waals surface area (Å²) in [5.41, 5.74) is 1.90. The molecule has 1 fully saturated rings. The molecule has 1 saturated heterocycles. The molecular weight excluding hydrogens is 359 g/mol. The Balaban J connectivity index is 1.57. The van der Waals surface area contributed by atoms with Crippen molar-refractivity contribution in [1.29, 1.82) is 0 Å². The van der Waals surface area contributed by atoms with Gasteiger partial charge in [-0.25, -0.2) is 9.37 Å². The molecule has 4 rings (SSSR count). The molecule has 0 N–H and O–H groups in total. The number of nitrogens with zero attached hydrogens (tertiary/aromatic N) is 4. The molecule has 1 aliphatic rings. The summed E-state index contributed by atoms with van der Waals surface area (Å²) in [6.45, 7) is 4.55. The van der Waals surface area contributed by atoms with Crippen molar-refractivity contribution in [2.45, 2.75) is 13.5 Å². The fraction of sp³-hybridized carbons (Fsp3) is 0.286. The molecule has 0 unspecified atom stereocenters. The van der Waals surface area contributed by atoms with Gasteiger partial charge >= 0.3 is 0 Å². The number of hydrogen-bond acceptors (Lipinski definition) is 4. The van der Waals surface area contributed by atoms with Crippen LogP contribution in [0.1, 0.15) is 17.4 Å². The number of carbonyl (C=O) groups excluding carboxylic acids is 1. The Kier molecular flexibility index (Phi) is 4.81. The summed E-state index contributed by atoms with van der Waals surface area (Å²) in [6.07, 6.45) is 0. The molecule has 1 aliphatic heterocycles. The third-order valence-corrected chi connectivity index (χ3v) is 5.13. The Labute approximate surface area is 161 Å². The number of aromatic nitrogens is 2. The maximum atomic E-state index is 13.1. The summed E-state index contributed by atoms with van der Waals surface area (Å²) in [4.78, 5) is 34.0. The molecule has 0 spiro atoms. The normalized spacial score (nSPS) is 14.5. The zero-order valence-corrected chi connectivity index (χ0v) is 15.6. The van der Waals surface area contributed by atoms with Crippen LogP contribution in [-0.4, -0.2) is 46.5 Å². The molecule has 6 nitrogen and oxygen atoms in total. The molecule has 144 valence electrons. The number of carbonyl (C=O) groups is 1. The molecule has 1 amide bonds. The first-order valence-electron chi connectivity index (χ1n) is 9.38. The summed E-state index contributed by atoms with van der Waals surface area (Å²) in [5, 5.41) is 0. The van der Waals surface area contributed by atoms with Gasteiger partial charge in [0.25, 0.3) is 11.5 Å². The number of amides is 1. The van der Waals surface area contributed by atoms with Gasteiger partial charge in [-0.3, -0.25) is 9.59 Å². The molecule has 0 bridgehead atoms. The number of benzene rings is 2. The maximum Gasteiger partial charge on any atom is 0.282 e. The smallest absolute Gasteiger partial charge is 0.282 e. The fourth-order valence-electron chi connectivity index (χ4n) is 3.62. The summed E-state index contributed by atoms with van der Waals surface area (Å²) in [7, 11) is 0. The van der Waals surface area contributed by atoms with Gasteiger partial charge in [0.05, 0.1) is 11.0 Å². The Bertz CT molecular complexity index is 1070. The van der Waals surface area contributed by atoms with Crippen LogP contribution in [0.5, 0.6) is 0 Å². The van der Waals surface area contributed by atoms with Gasteiger partial charge in [0.1, 0.15) is 5.82 Å². The fourth-order valence-corrected chi connectivity index (χ4v) is 3.62. The first-order chi connectivity index (χ1) is 13.6. The van der Waals surface area contributed by atoms with Gasteiger partial charge in [0.2, 0.25) is 0 Å². The maximum absolute atomic E-state index is 13.1. The lowest BCUT2D eigenvalue weighted by Crippen LogP contribution is -2.50. The van der Waals surface area contributed by atoms with Gasteiger partial charge < -0.3 is 14.4 Å². The largest absolute Gasteiger partial charge is 0.368 e. The van der Waals surface area contributed by atoms with Crippen molar-refractivity contribution in [2.24, 2.45) is 0 Å². The molecule has 0 saturated carbocycles. The van der Waals surface area contributed by atoms with Gasteiger partial charge in [-0.1, -0.05) is 12.1 Å². The highest BCUT2D eigenvalue weighted by atomic mass is 19.1. The van der Waals surface area contributed by atoms with E-state index < -0.39 is 0 Å². The number of anilines is 1. The van der Waals surface area contributed by atoms with E-state index in [0.29, 0.717) is 38.2 Å². The van der Waals surface area contributed by atoms with E-state index >= 15 is 0 Å². The quantitative estimate of drug-likeness (QED) is 0.701. The molecule has 2 heterocycles. The van der Waals surface area contributed by atoms with Gasteiger partial charge in [-0.05, 0) is 43.3 Å². The van der Waals surface area contributed by atoms with Crippen LogP contribution in [0.3, 0.4) is 0 Å². The molecule has 0 atom stereocenters. The monoisotopic (exact) mass is 380 g/mol. The van der Waals surface area contributed by atoms with Crippen molar-refractivity contribution in [1.82, 2.24) is 14.5 Å². The molecular formula is C21H21FN4O2. The van der Waals surface area contributed by atoms with Gasteiger partial charge in [-0.15, -0.1) is 0 Å². The topological polar surface area (TPSA) is 58.4 Å². The number of fused-ring (bicyclic) bond motifs is 1. The lowest BCUT2D eigenvalue weighted by molar-refractivity contribution is 0.0738. The van der Waals surface area contributed by atoms with Crippen molar-refractivity contribution in [3.8, 4) is 0 Å². The molecule has 2 aromatic carbocycles. The Morgan fingerprint density at radius 3 is 2.39 bits per heavy atom. The SMILES string of the molecule is CCn1c(=O)c(C(=O)N2CCN(c3ccc(F)cc3)CC2)nc2ccccc21. The van der Waals surface area contributed by atoms with E-state index in [0.717, 1.165) is 11.2 Å². The molecule has 0 radical (unpaired) electrons. The average Bonchev–Trinajstić information content (AvgIpc) is 2.73. The number of rotatable bonds is 3. The highest BCUT2D eigenvalue weighted by Crippen LogP contribution is 2.18. The van der Waals surface area contributed by atoms with E-state index in [1.165, 1.54) is 12.1 Å². The second-order valence-corrected chi connectivity index (χ2v) is 6.75. The van der Waals surface area contributed by atoms with Gasteiger partial charge in [-0.2, -0.15) is 0 Å². The number of aryl methyl sites for hydroxylation is 1. The van der Waals surface area contributed by atoms with Crippen molar-refractivity contribution in [2.75, 3.05) is 31.1 Å². The second-order valence-electron chi connectivity index (χ2n) is 6.75. The van der Waals surface area contributed by atoms with Crippen LogP contribution in [0.2, 0.25) is 0 Å². The van der Waals surface area contributed by atoms with Crippen molar-refractivity contribution >= 4 is 22.6 Å². The van der Waals surface area contributed by atoms with Crippen LogP contribution in [0.25, 0.3) is 11.0 Å². The van der Waals surface area contributed by atoms with Crippen molar-refractivity contribution < 1.29 is 9.18 Å². The van der Waals surface area contributed by atoms with Crippen molar-refractivity contribution in [3.05, 3.63) is 70.4 Å². The summed E-state index contributed by atoms with van der Waals surface area (Å²) in [6, 6.07) is 13.7. The lowest BCUT2D eigenvalue weighted by Gasteiger charge is -2.36. The minimum absolute atomic E-state index is 0.0317. The molecule has 3 aromatic rings. The standard InChI is InChI=1S/C21H21FN4O2/c1-2-26-18-6-4-3-5-17(18)23-19(21(26)28)20(27)25-13-11-24(12-14-25)16-9-7-15(22)8-10-16/h3-10H,2,11-14H2,1H3. The predicted octanol–water partition coefficient (Wildman–Crippen LogP) is 2.52. The number of para-hydroxylation sites is 2. The number of hydrogen-bond donors (Lipinski definition) is 0. The van der Waals surface area contributed by atoms with E-state index in [9.17, 15) is 14.0 Å².